The van der Waals surface area contributed by atoms with Crippen molar-refractivity contribution in [2.45, 2.75) is 83.1 Å². The molecule has 0 heterocycles. The molecule has 0 saturated heterocycles. The number of nitrogens with one attached hydrogen (secondary N) is 3. The third kappa shape index (κ3) is 22.3. The van der Waals surface area contributed by atoms with Gasteiger partial charge in [-0.3, -0.25) is 24.1 Å². The van der Waals surface area contributed by atoms with Crippen molar-refractivity contribution in [1.29, 1.82) is 0 Å². The number of Topliss-reactive ketones (excluding diaryl/α,β-unsaturated/α-hetero) is 1. The molecule has 1 aliphatic rings. The highest BCUT2D eigenvalue weighted by Gasteiger charge is 2.30. The molecule has 58 heavy (non-hydrogen) atoms. The third-order valence-electron chi connectivity index (χ3n) is 9.52. The van der Waals surface area contributed by atoms with E-state index in [2.05, 4.69) is 16.0 Å². The van der Waals surface area contributed by atoms with Gasteiger partial charge < -0.3 is 53.8 Å². The first-order valence-electron chi connectivity index (χ1n) is 20.2. The minimum atomic E-state index is -3.09. The Labute approximate surface area is 350 Å². The van der Waals surface area contributed by atoms with Gasteiger partial charge in [0, 0.05) is 59.9 Å². The van der Waals surface area contributed by atoms with Crippen molar-refractivity contribution in [2.75, 3.05) is 107 Å². The number of amides is 3. The predicted molar refractivity (Wildman–Crippen MR) is 222 cm³/mol. The van der Waals surface area contributed by atoms with E-state index in [1.54, 1.807) is 40.1 Å². The van der Waals surface area contributed by atoms with Crippen molar-refractivity contribution in [2.24, 2.45) is 5.92 Å². The monoisotopic (exact) mass is 859 g/mol. The van der Waals surface area contributed by atoms with E-state index in [1.807, 2.05) is 24.3 Å². The average molecular weight is 860 g/mol. The van der Waals surface area contributed by atoms with Crippen molar-refractivity contribution in [1.82, 2.24) is 20.9 Å². The Morgan fingerprint density at radius 2 is 1.31 bits per heavy atom. The molecule has 0 aliphatic heterocycles. The molecule has 16 nitrogen and oxygen atoms in total. The van der Waals surface area contributed by atoms with Crippen LogP contribution >= 0.6 is 6.49 Å². The zero-order chi connectivity index (χ0) is 42.6. The zero-order valence-electron chi connectivity index (χ0n) is 35.2. The molecule has 2 rings (SSSR count). The van der Waals surface area contributed by atoms with Crippen LogP contribution in [-0.2, 0) is 76.9 Å². The summed E-state index contributed by atoms with van der Waals surface area (Å²) in [7, 11) is 4.74. The van der Waals surface area contributed by atoms with Gasteiger partial charge in [-0.2, -0.15) is 0 Å². The number of methoxy groups -OCH3 is 3. The maximum atomic E-state index is 13.9. The standard InChI is InChI=1S/C40H69N4O12PS/c1-31(2)57(49,58)56-36-14-12-34(13-15-36)39(47)43-28-33-10-8-32(9-11-33)27-37(40(48)42-17-20-55-26-23-52-5)44(29-35(45)7-6-18-53-24-21-50-3)30-38(46)41-16-19-54-25-22-51-4/h8-11,31,34,36-37H,6-7,12-30H2,1-5H3,(H,41,46)(H,42,48)(H,43,47)(H,49,58)/p-1/t34?,36?,37-,57?/m0/s1. The van der Waals surface area contributed by atoms with Crippen LogP contribution in [0.2, 0.25) is 0 Å². The van der Waals surface area contributed by atoms with E-state index in [0.29, 0.717) is 84.9 Å². The van der Waals surface area contributed by atoms with Crippen LogP contribution in [0.15, 0.2) is 24.3 Å². The zero-order valence-corrected chi connectivity index (χ0v) is 36.9. The minimum absolute atomic E-state index is 0.0439. The molecular formula is C40H68N4O12PS-. The second kappa shape index (κ2) is 30.6. The average Bonchev–Trinajstić information content (AvgIpc) is 3.20. The van der Waals surface area contributed by atoms with Gasteiger partial charge in [0.1, 0.15) is 5.78 Å². The van der Waals surface area contributed by atoms with Gasteiger partial charge in [-0.05, 0) is 61.8 Å². The summed E-state index contributed by atoms with van der Waals surface area (Å²) >= 11 is 5.18. The number of nitrogens with zero attached hydrogens (tertiary/aromatic N) is 1. The molecule has 1 saturated carbocycles. The molecule has 1 aromatic carbocycles. The first-order chi connectivity index (χ1) is 27.9. The lowest BCUT2D eigenvalue weighted by Crippen LogP contribution is -2.53. The molecule has 0 spiro atoms. The summed E-state index contributed by atoms with van der Waals surface area (Å²) in [5.74, 6) is -1.04. The summed E-state index contributed by atoms with van der Waals surface area (Å²) in [4.78, 5) is 67.6. The summed E-state index contributed by atoms with van der Waals surface area (Å²) < 4.78 is 37.3. The van der Waals surface area contributed by atoms with Gasteiger partial charge in [-0.15, -0.1) is 0 Å². The first kappa shape index (κ1) is 51.7. The minimum Gasteiger partial charge on any atom is -0.800 e. The number of benzene rings is 1. The molecule has 1 fully saturated rings. The Kier molecular flexibility index (Phi) is 27.3. The van der Waals surface area contributed by atoms with Crippen LogP contribution in [-0.4, -0.2) is 153 Å². The lowest BCUT2D eigenvalue weighted by molar-refractivity contribution is -0.189. The fourth-order valence-corrected chi connectivity index (χ4v) is 7.29. The number of hydrogen-bond donors (Lipinski definition) is 3. The summed E-state index contributed by atoms with van der Waals surface area (Å²) in [6.45, 7) is 4.42. The number of ketones is 1. The second-order valence-corrected chi connectivity index (χ2v) is 18.3. The molecule has 2 atom stereocenters. The number of ether oxygens (including phenoxy) is 6. The van der Waals surface area contributed by atoms with E-state index in [-0.39, 0.29) is 93.4 Å². The fraction of sp³-hybridized carbons (Fsp3) is 0.750. The Hall–Kier alpha value is -2.41. The normalized spacial score (nSPS) is 17.2. The summed E-state index contributed by atoms with van der Waals surface area (Å²) in [6, 6.07) is 6.68. The number of carbonyl (C=O) groups is 4. The van der Waals surface area contributed by atoms with Crippen molar-refractivity contribution >= 4 is 41.8 Å². The van der Waals surface area contributed by atoms with E-state index in [0.717, 1.165) is 11.1 Å². The van der Waals surface area contributed by atoms with Crippen molar-refractivity contribution in [3.05, 3.63) is 35.4 Å². The highest BCUT2D eigenvalue weighted by Crippen LogP contribution is 2.46. The van der Waals surface area contributed by atoms with Crippen molar-refractivity contribution < 1.29 is 57.0 Å². The maximum Gasteiger partial charge on any atom is 0.237 e. The fourth-order valence-electron chi connectivity index (χ4n) is 6.05. The lowest BCUT2D eigenvalue weighted by atomic mass is 9.87. The molecule has 18 heteroatoms. The number of rotatable bonds is 33. The van der Waals surface area contributed by atoms with Crippen LogP contribution in [0.1, 0.15) is 63.5 Å². The topological polar surface area (TPSA) is 195 Å². The van der Waals surface area contributed by atoms with Crippen molar-refractivity contribution in [3.8, 4) is 0 Å². The largest absolute Gasteiger partial charge is 0.800 e. The highest BCUT2D eigenvalue weighted by atomic mass is 32.5. The lowest BCUT2D eigenvalue weighted by Gasteiger charge is -2.38. The van der Waals surface area contributed by atoms with E-state index in [4.69, 9.17) is 44.8 Å². The molecule has 332 valence electrons. The summed E-state index contributed by atoms with van der Waals surface area (Å²) in [5.41, 5.74) is 1.46. The van der Waals surface area contributed by atoms with Gasteiger partial charge in [-0.1, -0.05) is 49.9 Å². The van der Waals surface area contributed by atoms with E-state index >= 15 is 0 Å². The molecular weight excluding hydrogens is 791 g/mol. The summed E-state index contributed by atoms with van der Waals surface area (Å²) in [5, 5.41) is 8.77. The Balaban J connectivity index is 2.13. The number of hydrogen-bond acceptors (Lipinski definition) is 14. The quantitative estimate of drug-likeness (QED) is 0.0684. The maximum absolute atomic E-state index is 13.9. The van der Waals surface area contributed by atoms with E-state index < -0.39 is 12.5 Å². The van der Waals surface area contributed by atoms with Crippen LogP contribution < -0.4 is 20.8 Å². The van der Waals surface area contributed by atoms with Crippen LogP contribution in [0.3, 0.4) is 0 Å². The van der Waals surface area contributed by atoms with Gasteiger partial charge in [0.2, 0.25) is 17.7 Å². The second-order valence-electron chi connectivity index (χ2n) is 14.5. The van der Waals surface area contributed by atoms with Crippen molar-refractivity contribution in [3.63, 3.8) is 0 Å². The van der Waals surface area contributed by atoms with Crippen LogP contribution in [0.5, 0.6) is 0 Å². The SMILES string of the molecule is COCCOCCCC(=O)CN(CC(=O)NCCOCCOC)[C@@H](Cc1ccc(CNC(=O)C2CCC(OP([O-])(=S)C(C)C)CC2)cc1)C(=O)NCCOCCOC. The van der Waals surface area contributed by atoms with E-state index in [9.17, 15) is 24.1 Å². The van der Waals surface area contributed by atoms with Crippen LogP contribution in [0.25, 0.3) is 0 Å². The Morgan fingerprint density at radius 1 is 0.759 bits per heavy atom. The van der Waals surface area contributed by atoms with E-state index in [1.165, 1.54) is 0 Å². The molecule has 0 bridgehead atoms. The molecule has 3 amide bonds. The molecule has 0 radical (unpaired) electrons. The third-order valence-corrected chi connectivity index (χ3v) is 12.9. The Morgan fingerprint density at radius 3 is 1.88 bits per heavy atom. The Bertz CT molecular complexity index is 1340. The van der Waals surface area contributed by atoms with Gasteiger partial charge in [0.15, 0.2) is 0 Å². The predicted octanol–water partition coefficient (Wildman–Crippen LogP) is 1.74. The molecule has 0 aromatic heterocycles. The molecule has 1 unspecified atom stereocenters. The van der Waals surface area contributed by atoms with Crippen LogP contribution in [0.4, 0.5) is 0 Å². The smallest absolute Gasteiger partial charge is 0.237 e. The molecule has 3 N–H and O–H groups in total. The van der Waals surface area contributed by atoms with Gasteiger partial charge in [0.25, 0.3) is 0 Å². The number of carbonyl (C=O) groups excluding carboxylic acids is 4. The first-order valence-corrected chi connectivity index (χ1v) is 23.0. The summed E-state index contributed by atoms with van der Waals surface area (Å²) in [6.07, 6.45) is 3.25. The van der Waals surface area contributed by atoms with Gasteiger partial charge in [0.05, 0.1) is 78.1 Å². The van der Waals surface area contributed by atoms with Crippen LogP contribution in [0, 0.1) is 5.92 Å². The molecule has 1 aliphatic carbocycles. The highest BCUT2D eigenvalue weighted by molar-refractivity contribution is 8.09. The van der Waals surface area contributed by atoms with Gasteiger partial charge >= 0.3 is 0 Å². The van der Waals surface area contributed by atoms with Gasteiger partial charge in [-0.25, -0.2) is 0 Å². The molecule has 1 aromatic rings.